The molecule has 15 heteroatoms. The van der Waals surface area contributed by atoms with Crippen molar-refractivity contribution in [2.45, 2.75) is 44.6 Å². The van der Waals surface area contributed by atoms with Crippen LogP contribution in [0.4, 0.5) is 25.5 Å². The van der Waals surface area contributed by atoms with E-state index in [1.54, 1.807) is 18.7 Å². The van der Waals surface area contributed by atoms with Gasteiger partial charge in [-0.1, -0.05) is 10.3 Å². The molecule has 0 saturated carbocycles. The lowest BCUT2D eigenvalue weighted by Crippen LogP contribution is -2.75. The Balaban J connectivity index is 1.53. The lowest BCUT2D eigenvalue weighted by atomic mass is 9.66. The number of morpholine rings is 1. The van der Waals surface area contributed by atoms with Crippen molar-refractivity contribution in [2.75, 3.05) is 22.9 Å². The number of nitrogens with one attached hydrogen (secondary N) is 2. The highest BCUT2D eigenvalue weighted by molar-refractivity contribution is 6.20. The van der Waals surface area contributed by atoms with Crippen molar-refractivity contribution in [3.05, 3.63) is 17.4 Å². The largest absolute Gasteiger partial charge is 0.438 e. The molecule has 2 aromatic rings. The Morgan fingerprint density at radius 3 is 2.65 bits per heavy atom. The second-order valence-electron chi connectivity index (χ2n) is 9.51. The second kappa shape index (κ2) is 7.86. The van der Waals surface area contributed by atoms with Gasteiger partial charge in [0.2, 0.25) is 17.4 Å². The molecule has 4 aliphatic heterocycles. The van der Waals surface area contributed by atoms with Crippen LogP contribution in [0, 0.1) is 11.2 Å². The molecule has 0 unspecified atom stereocenters. The smallest absolute Gasteiger partial charge is 0.416 e. The molecule has 1 aromatic carbocycles. The normalized spacial score (nSPS) is 28.9. The average molecular weight is 516 g/mol. The van der Waals surface area contributed by atoms with Crippen LogP contribution in [0.25, 0.3) is 11.0 Å². The molecule has 3 fully saturated rings. The summed E-state index contributed by atoms with van der Waals surface area (Å²) in [6.45, 7) is 3.56. The quantitative estimate of drug-likeness (QED) is 0.222. The fourth-order valence-corrected chi connectivity index (χ4v) is 5.94. The molecule has 4 atom stereocenters. The zero-order chi connectivity index (χ0) is 26.2. The second-order valence-corrected chi connectivity index (χ2v) is 9.51. The van der Waals surface area contributed by atoms with E-state index < -0.39 is 53.4 Å². The Labute approximate surface area is 207 Å². The van der Waals surface area contributed by atoms with Crippen molar-refractivity contribution in [3.63, 3.8) is 0 Å². The number of rotatable bonds is 2. The van der Waals surface area contributed by atoms with Gasteiger partial charge in [0, 0.05) is 13.0 Å². The number of anilines is 2. The number of barbiturate groups is 1. The Morgan fingerprint density at radius 2 is 1.95 bits per heavy atom. The number of halogens is 1. The maximum Gasteiger partial charge on any atom is 0.416 e. The van der Waals surface area contributed by atoms with E-state index in [1.807, 2.05) is 0 Å². The number of amides is 5. The van der Waals surface area contributed by atoms with Crippen LogP contribution in [-0.2, 0) is 25.5 Å². The molecule has 5 amide bonds. The maximum absolute atomic E-state index is 16.1. The van der Waals surface area contributed by atoms with E-state index >= 15 is 4.39 Å². The summed E-state index contributed by atoms with van der Waals surface area (Å²) < 4.78 is 32.5. The molecular weight excluding hydrogens is 495 g/mol. The number of nitrogens with zero attached hydrogens (tertiary/aromatic N) is 4. The summed E-state index contributed by atoms with van der Waals surface area (Å²) in [7, 11) is 0. The molecule has 3 saturated heterocycles. The first-order chi connectivity index (χ1) is 17.6. The molecule has 194 valence electrons. The minimum Gasteiger partial charge on any atom is -0.438 e. The Kier molecular flexibility index (Phi) is 4.92. The summed E-state index contributed by atoms with van der Waals surface area (Å²) in [6, 6.07) is -0.349. The zero-order valence-electron chi connectivity index (χ0n) is 19.6. The van der Waals surface area contributed by atoms with E-state index in [2.05, 4.69) is 20.9 Å². The van der Waals surface area contributed by atoms with Gasteiger partial charge < -0.3 is 24.1 Å². The lowest BCUT2D eigenvalue weighted by Gasteiger charge is -2.55. The predicted octanol–water partition coefficient (Wildman–Crippen LogP) is 0.643. The summed E-state index contributed by atoms with van der Waals surface area (Å²) >= 11 is 0. The van der Waals surface area contributed by atoms with Gasteiger partial charge in [-0.3, -0.25) is 25.1 Å². The van der Waals surface area contributed by atoms with Gasteiger partial charge in [-0.15, -0.1) is 0 Å². The average Bonchev–Trinajstić information content (AvgIpc) is 3.40. The first-order valence-electron chi connectivity index (χ1n) is 11.5. The number of benzene rings is 1. The number of fused-ring (bicyclic) bond motifs is 5. The van der Waals surface area contributed by atoms with Gasteiger partial charge in [0.1, 0.15) is 0 Å². The number of cyclic esters (lactones) is 1. The van der Waals surface area contributed by atoms with E-state index in [0.717, 1.165) is 11.1 Å². The van der Waals surface area contributed by atoms with Crippen LogP contribution in [0.5, 0.6) is 0 Å². The lowest BCUT2D eigenvalue weighted by molar-refractivity contribution is -0.153. The Morgan fingerprint density at radius 1 is 1.22 bits per heavy atom. The Hall–Kier alpha value is -4.27. The topological polar surface area (TPSA) is 176 Å². The molecule has 0 radical (unpaired) electrons. The standard InChI is InChI=1S/C22H21FN6O8/c1-8-6-28-14-10(4-22(16(28)9(2)35-8)18(30)25-20(32)26-19(22)31)3-12-15(13(14)23)37-27-17(12)29-7-11(5-24-34)36-21(29)33/h3,5,8-9,11,16,34H,4,6-7H2,1-2H3,(H2,25,26,30,31,32)/b24-5+/t8-,9+,11+,16-/m1/s1. The number of carbonyl (C=O) groups is 4. The Bertz CT molecular complexity index is 1390. The van der Waals surface area contributed by atoms with Gasteiger partial charge in [-0.25, -0.2) is 14.0 Å². The van der Waals surface area contributed by atoms with Gasteiger partial charge in [-0.2, -0.15) is 0 Å². The highest BCUT2D eigenvalue weighted by Crippen LogP contribution is 2.49. The maximum atomic E-state index is 16.1. The highest BCUT2D eigenvalue weighted by atomic mass is 19.1. The third kappa shape index (κ3) is 3.13. The number of aromatic nitrogens is 1. The summed E-state index contributed by atoms with van der Waals surface area (Å²) in [4.78, 5) is 53.6. The van der Waals surface area contributed by atoms with E-state index in [1.165, 1.54) is 6.07 Å². The van der Waals surface area contributed by atoms with Crippen molar-refractivity contribution in [1.29, 1.82) is 0 Å². The first-order valence-corrected chi connectivity index (χ1v) is 11.5. The summed E-state index contributed by atoms with van der Waals surface area (Å²) in [6.07, 6.45) is -1.94. The predicted molar refractivity (Wildman–Crippen MR) is 121 cm³/mol. The number of carbonyl (C=O) groups excluding carboxylic acids is 4. The number of ether oxygens (including phenoxy) is 2. The van der Waals surface area contributed by atoms with Gasteiger partial charge in [-0.05, 0) is 25.5 Å². The number of oxime groups is 1. The molecule has 1 aromatic heterocycles. The third-order valence-electron chi connectivity index (χ3n) is 7.27. The van der Waals surface area contributed by atoms with Crippen molar-refractivity contribution in [1.82, 2.24) is 15.8 Å². The number of urea groups is 1. The van der Waals surface area contributed by atoms with Gasteiger partial charge in [0.15, 0.2) is 23.2 Å². The number of hydrogen-bond donors (Lipinski definition) is 3. The SMILES string of the molecule is C[C@@H]1CN2c3c(cc4c(N5C[C@H](/C=N/O)OC5=O)noc4c3F)CC3(C(=O)NC(=O)NC3=O)[C@H]2[C@H](C)O1. The van der Waals surface area contributed by atoms with Crippen LogP contribution >= 0.6 is 0 Å². The van der Waals surface area contributed by atoms with Crippen LogP contribution in [-0.4, -0.2) is 78.0 Å². The monoisotopic (exact) mass is 516 g/mol. The molecule has 1 spiro atoms. The van der Waals surface area contributed by atoms with Crippen molar-refractivity contribution in [3.8, 4) is 0 Å². The van der Waals surface area contributed by atoms with Gasteiger partial charge in [0.05, 0.1) is 42.1 Å². The fourth-order valence-electron chi connectivity index (χ4n) is 5.94. The molecule has 37 heavy (non-hydrogen) atoms. The summed E-state index contributed by atoms with van der Waals surface area (Å²) in [5.41, 5.74) is -1.62. The molecule has 3 N–H and O–H groups in total. The molecular formula is C22H21FN6O8. The molecule has 14 nitrogen and oxygen atoms in total. The van der Waals surface area contributed by atoms with Gasteiger partial charge >= 0.3 is 12.1 Å². The fraction of sp³-hybridized carbons (Fsp3) is 0.455. The van der Waals surface area contributed by atoms with Gasteiger partial charge in [0.25, 0.3) is 0 Å². The molecule has 0 aliphatic carbocycles. The van der Waals surface area contributed by atoms with E-state index in [4.69, 9.17) is 19.2 Å². The van der Waals surface area contributed by atoms with Crippen molar-refractivity contribution >= 4 is 52.6 Å². The minimum atomic E-state index is -1.80. The van der Waals surface area contributed by atoms with Crippen LogP contribution in [0.15, 0.2) is 15.7 Å². The first kappa shape index (κ1) is 23.1. The van der Waals surface area contributed by atoms with Crippen LogP contribution in [0.2, 0.25) is 0 Å². The van der Waals surface area contributed by atoms with E-state index in [0.29, 0.717) is 0 Å². The van der Waals surface area contributed by atoms with Crippen LogP contribution < -0.4 is 20.4 Å². The van der Waals surface area contributed by atoms with Crippen molar-refractivity contribution < 1.29 is 42.8 Å². The van der Waals surface area contributed by atoms with E-state index in [9.17, 15) is 19.2 Å². The molecule has 6 rings (SSSR count). The summed E-state index contributed by atoms with van der Waals surface area (Å²) in [5.74, 6) is -2.44. The molecule has 4 aliphatic rings. The van der Waals surface area contributed by atoms with Crippen LogP contribution in [0.3, 0.4) is 0 Å². The zero-order valence-corrected chi connectivity index (χ0v) is 19.6. The highest BCUT2D eigenvalue weighted by Gasteiger charge is 2.63. The number of hydrogen-bond acceptors (Lipinski definition) is 11. The van der Waals surface area contributed by atoms with Crippen molar-refractivity contribution in [2.24, 2.45) is 10.6 Å². The van der Waals surface area contributed by atoms with E-state index in [-0.39, 0.29) is 53.7 Å². The number of imide groups is 2. The third-order valence-corrected chi connectivity index (χ3v) is 7.27. The molecule has 0 bridgehead atoms. The minimum absolute atomic E-state index is 0.0387. The molecule has 5 heterocycles. The van der Waals surface area contributed by atoms with Crippen LogP contribution in [0.1, 0.15) is 19.4 Å². The summed E-state index contributed by atoms with van der Waals surface area (Å²) in [5, 5.41) is 20.0.